The summed E-state index contributed by atoms with van der Waals surface area (Å²) in [6.45, 7) is 1.90. The van der Waals surface area contributed by atoms with Gasteiger partial charge in [-0.25, -0.2) is 4.98 Å². The van der Waals surface area contributed by atoms with Gasteiger partial charge in [-0.05, 0) is 18.6 Å². The van der Waals surface area contributed by atoms with E-state index in [4.69, 9.17) is 17.3 Å². The van der Waals surface area contributed by atoms with Crippen molar-refractivity contribution in [1.82, 2.24) is 10.3 Å². The average Bonchev–Trinajstić information content (AvgIpc) is 2.74. The number of nitrogens with one attached hydrogen (secondary N) is 1. The van der Waals surface area contributed by atoms with E-state index < -0.39 is 0 Å². The summed E-state index contributed by atoms with van der Waals surface area (Å²) in [5.74, 6) is -0.0993. The molecule has 0 aliphatic heterocycles. The summed E-state index contributed by atoms with van der Waals surface area (Å²) in [7, 11) is 0. The Morgan fingerprint density at radius 2 is 2.26 bits per heavy atom. The van der Waals surface area contributed by atoms with Crippen LogP contribution in [0.15, 0.2) is 29.6 Å². The molecule has 0 fully saturated rings. The highest BCUT2D eigenvalue weighted by molar-refractivity contribution is 7.13. The standard InChI is InChI=1S/C13H14ClN3OS/c1-8(10-4-2-3-5-11(10)14)16-12(18)6-9-7-19-13(15)17-9/h2-5,7-8H,6H2,1H3,(H2,15,17)(H,16,18)/t8-/m0/s1. The molecule has 19 heavy (non-hydrogen) atoms. The molecule has 1 amide bonds. The number of amides is 1. The van der Waals surface area contributed by atoms with E-state index in [1.807, 2.05) is 25.1 Å². The van der Waals surface area contributed by atoms with Gasteiger partial charge in [-0.3, -0.25) is 4.79 Å². The number of carbonyl (C=O) groups excluding carboxylic acids is 1. The van der Waals surface area contributed by atoms with Crippen LogP contribution in [0.2, 0.25) is 5.02 Å². The van der Waals surface area contributed by atoms with E-state index in [0.29, 0.717) is 15.8 Å². The third-order valence-corrected chi connectivity index (χ3v) is 3.73. The molecule has 0 aliphatic rings. The minimum atomic E-state index is -0.141. The third-order valence-electron chi connectivity index (χ3n) is 2.66. The van der Waals surface area contributed by atoms with Gasteiger partial charge in [0, 0.05) is 10.4 Å². The highest BCUT2D eigenvalue weighted by Gasteiger charge is 2.13. The lowest BCUT2D eigenvalue weighted by Gasteiger charge is -2.15. The Morgan fingerprint density at radius 1 is 1.53 bits per heavy atom. The quantitative estimate of drug-likeness (QED) is 0.911. The Kier molecular flexibility index (Phi) is 4.39. The lowest BCUT2D eigenvalue weighted by atomic mass is 10.1. The molecular weight excluding hydrogens is 282 g/mol. The Labute approximate surface area is 120 Å². The fraction of sp³-hybridized carbons (Fsp3) is 0.231. The molecule has 2 aromatic rings. The molecule has 0 saturated heterocycles. The summed E-state index contributed by atoms with van der Waals surface area (Å²) in [6, 6.07) is 7.32. The van der Waals surface area contributed by atoms with E-state index in [2.05, 4.69) is 10.3 Å². The minimum Gasteiger partial charge on any atom is -0.375 e. The van der Waals surface area contributed by atoms with E-state index in [9.17, 15) is 4.79 Å². The lowest BCUT2D eigenvalue weighted by molar-refractivity contribution is -0.121. The maximum Gasteiger partial charge on any atom is 0.226 e. The zero-order chi connectivity index (χ0) is 13.8. The molecule has 0 radical (unpaired) electrons. The van der Waals surface area contributed by atoms with Crippen molar-refractivity contribution in [1.29, 1.82) is 0 Å². The number of thiazole rings is 1. The molecule has 1 aromatic carbocycles. The molecule has 3 N–H and O–H groups in total. The normalized spacial score (nSPS) is 12.1. The number of hydrogen-bond acceptors (Lipinski definition) is 4. The number of nitrogen functional groups attached to an aromatic ring is 1. The maximum absolute atomic E-state index is 11.9. The summed E-state index contributed by atoms with van der Waals surface area (Å²) in [5, 5.41) is 5.80. The molecule has 1 atom stereocenters. The van der Waals surface area contributed by atoms with Gasteiger partial charge in [-0.1, -0.05) is 29.8 Å². The van der Waals surface area contributed by atoms with Gasteiger partial charge < -0.3 is 11.1 Å². The van der Waals surface area contributed by atoms with Gasteiger partial charge in [0.1, 0.15) is 0 Å². The van der Waals surface area contributed by atoms with Crippen LogP contribution in [-0.4, -0.2) is 10.9 Å². The lowest BCUT2D eigenvalue weighted by Crippen LogP contribution is -2.28. The van der Waals surface area contributed by atoms with Crippen LogP contribution in [-0.2, 0) is 11.2 Å². The number of benzene rings is 1. The second kappa shape index (κ2) is 6.04. The number of carbonyl (C=O) groups is 1. The van der Waals surface area contributed by atoms with E-state index in [-0.39, 0.29) is 18.4 Å². The predicted octanol–water partition coefficient (Wildman–Crippen LogP) is 2.80. The molecule has 4 nitrogen and oxygen atoms in total. The zero-order valence-electron chi connectivity index (χ0n) is 10.4. The molecule has 6 heteroatoms. The summed E-state index contributed by atoms with van der Waals surface area (Å²) in [6.07, 6.45) is 0.225. The van der Waals surface area contributed by atoms with Gasteiger partial charge in [-0.15, -0.1) is 11.3 Å². The van der Waals surface area contributed by atoms with Crippen LogP contribution in [0, 0.1) is 0 Å². The van der Waals surface area contributed by atoms with Gasteiger partial charge in [0.05, 0.1) is 18.2 Å². The van der Waals surface area contributed by atoms with Gasteiger partial charge in [0.15, 0.2) is 5.13 Å². The minimum absolute atomic E-state index is 0.0993. The number of anilines is 1. The van der Waals surface area contributed by atoms with Crippen LogP contribution in [0.5, 0.6) is 0 Å². The van der Waals surface area contributed by atoms with Crippen molar-refractivity contribution in [3.05, 3.63) is 45.9 Å². The van der Waals surface area contributed by atoms with Crippen LogP contribution in [0.4, 0.5) is 5.13 Å². The van der Waals surface area contributed by atoms with Crippen LogP contribution >= 0.6 is 22.9 Å². The molecule has 0 unspecified atom stereocenters. The first-order valence-electron chi connectivity index (χ1n) is 5.80. The molecule has 0 aliphatic carbocycles. The Hall–Kier alpha value is -1.59. The highest BCUT2D eigenvalue weighted by Crippen LogP contribution is 2.22. The number of halogens is 1. The predicted molar refractivity (Wildman–Crippen MR) is 78.2 cm³/mol. The van der Waals surface area contributed by atoms with Crippen molar-refractivity contribution in [2.45, 2.75) is 19.4 Å². The third kappa shape index (κ3) is 3.68. The first kappa shape index (κ1) is 13.8. The largest absolute Gasteiger partial charge is 0.375 e. The second-order valence-electron chi connectivity index (χ2n) is 4.16. The van der Waals surface area contributed by atoms with Crippen molar-refractivity contribution in [3.63, 3.8) is 0 Å². The topological polar surface area (TPSA) is 68.0 Å². The SMILES string of the molecule is C[C@H](NC(=O)Cc1csc(N)n1)c1ccccc1Cl. The smallest absolute Gasteiger partial charge is 0.226 e. The van der Waals surface area contributed by atoms with Crippen molar-refractivity contribution < 1.29 is 4.79 Å². The monoisotopic (exact) mass is 295 g/mol. The molecule has 1 aromatic heterocycles. The highest BCUT2D eigenvalue weighted by atomic mass is 35.5. The summed E-state index contributed by atoms with van der Waals surface area (Å²) in [4.78, 5) is 15.9. The van der Waals surface area contributed by atoms with Crippen molar-refractivity contribution >= 4 is 34.0 Å². The van der Waals surface area contributed by atoms with Crippen LogP contribution < -0.4 is 11.1 Å². The van der Waals surface area contributed by atoms with E-state index in [1.165, 1.54) is 11.3 Å². The second-order valence-corrected chi connectivity index (χ2v) is 5.46. The van der Waals surface area contributed by atoms with Gasteiger partial charge in [0.2, 0.25) is 5.91 Å². The maximum atomic E-state index is 11.9. The number of rotatable bonds is 4. The van der Waals surface area contributed by atoms with Crippen LogP contribution in [0.1, 0.15) is 24.2 Å². The Morgan fingerprint density at radius 3 is 2.89 bits per heavy atom. The van der Waals surface area contributed by atoms with Gasteiger partial charge in [0.25, 0.3) is 0 Å². The van der Waals surface area contributed by atoms with E-state index >= 15 is 0 Å². The number of aromatic nitrogens is 1. The molecule has 0 bridgehead atoms. The molecule has 0 saturated carbocycles. The number of nitrogens with zero attached hydrogens (tertiary/aromatic N) is 1. The van der Waals surface area contributed by atoms with Crippen LogP contribution in [0.25, 0.3) is 0 Å². The molecule has 100 valence electrons. The van der Waals surface area contributed by atoms with Crippen molar-refractivity contribution in [3.8, 4) is 0 Å². The van der Waals surface area contributed by atoms with Crippen LogP contribution in [0.3, 0.4) is 0 Å². The van der Waals surface area contributed by atoms with Gasteiger partial charge in [-0.2, -0.15) is 0 Å². The molecule has 2 rings (SSSR count). The molecule has 0 spiro atoms. The fourth-order valence-corrected chi connectivity index (χ4v) is 2.63. The molecule has 1 heterocycles. The first-order valence-corrected chi connectivity index (χ1v) is 7.05. The van der Waals surface area contributed by atoms with Crippen molar-refractivity contribution in [2.75, 3.05) is 5.73 Å². The number of hydrogen-bond donors (Lipinski definition) is 2. The van der Waals surface area contributed by atoms with E-state index in [1.54, 1.807) is 11.4 Å². The molecular formula is C13H14ClN3OS. The summed E-state index contributed by atoms with van der Waals surface area (Å²) < 4.78 is 0. The first-order chi connectivity index (χ1) is 9.06. The fourth-order valence-electron chi connectivity index (χ4n) is 1.76. The van der Waals surface area contributed by atoms with Crippen molar-refractivity contribution in [2.24, 2.45) is 0 Å². The average molecular weight is 296 g/mol. The summed E-state index contributed by atoms with van der Waals surface area (Å²) in [5.41, 5.74) is 7.11. The van der Waals surface area contributed by atoms with E-state index in [0.717, 1.165) is 5.56 Å². The Bertz CT molecular complexity index is 585. The Balaban J connectivity index is 1.97. The zero-order valence-corrected chi connectivity index (χ0v) is 12.0. The summed E-state index contributed by atoms with van der Waals surface area (Å²) >= 11 is 7.42. The van der Waals surface area contributed by atoms with Gasteiger partial charge >= 0.3 is 0 Å². The number of nitrogens with two attached hydrogens (primary N) is 1.